The van der Waals surface area contributed by atoms with Crippen LogP contribution in [0.3, 0.4) is 0 Å². The highest BCUT2D eigenvalue weighted by Gasteiger charge is 2.34. The zero-order valence-corrected chi connectivity index (χ0v) is 15.8. The van der Waals surface area contributed by atoms with Crippen molar-refractivity contribution in [3.63, 3.8) is 0 Å². The molecule has 1 heterocycles. The first-order chi connectivity index (χ1) is 13.7. The summed E-state index contributed by atoms with van der Waals surface area (Å²) in [6, 6.07) is 9.09. The lowest BCUT2D eigenvalue weighted by atomic mass is 10.1. The number of methoxy groups -OCH3 is 1. The summed E-state index contributed by atoms with van der Waals surface area (Å²) in [6.45, 7) is 0. The van der Waals surface area contributed by atoms with E-state index in [0.29, 0.717) is 16.1 Å². The van der Waals surface area contributed by atoms with Crippen molar-refractivity contribution in [2.24, 2.45) is 0 Å². The summed E-state index contributed by atoms with van der Waals surface area (Å²) < 4.78 is 43.0. The number of hydrogen-bond donors (Lipinski definition) is 2. The molecule has 0 unspecified atom stereocenters. The van der Waals surface area contributed by atoms with Crippen molar-refractivity contribution in [1.82, 2.24) is 0 Å². The number of carbonyl (C=O) groups excluding carboxylic acids is 3. The van der Waals surface area contributed by atoms with E-state index in [1.807, 2.05) is 0 Å². The van der Waals surface area contributed by atoms with Crippen molar-refractivity contribution < 1.29 is 32.3 Å². The zero-order chi connectivity index (χ0) is 21.2. The number of halogens is 3. The largest absolute Gasteiger partial charge is 0.465 e. The molecule has 3 rings (SSSR count). The van der Waals surface area contributed by atoms with Gasteiger partial charge in [-0.25, -0.2) is 4.79 Å². The van der Waals surface area contributed by atoms with Gasteiger partial charge in [-0.15, -0.1) is 11.8 Å². The second-order valence-electron chi connectivity index (χ2n) is 6.13. The maximum atomic E-state index is 12.8. The number of thioether (sulfide) groups is 1. The monoisotopic (exact) mass is 424 g/mol. The molecule has 10 heteroatoms. The molecule has 1 atom stereocenters. The lowest BCUT2D eigenvalue weighted by Crippen LogP contribution is -2.32. The number of fused-ring (bicyclic) bond motifs is 1. The van der Waals surface area contributed by atoms with Crippen LogP contribution in [0.25, 0.3) is 0 Å². The van der Waals surface area contributed by atoms with E-state index in [-0.39, 0.29) is 12.1 Å². The fraction of sp³-hybridized carbons (Fsp3) is 0.211. The maximum absolute atomic E-state index is 12.8. The molecule has 0 bridgehead atoms. The second-order valence-corrected chi connectivity index (χ2v) is 7.37. The van der Waals surface area contributed by atoms with E-state index < -0.39 is 34.8 Å². The summed E-state index contributed by atoms with van der Waals surface area (Å²) in [5.41, 5.74) is -0.0322. The van der Waals surface area contributed by atoms with Gasteiger partial charge in [0.2, 0.25) is 11.8 Å². The first-order valence-electron chi connectivity index (χ1n) is 8.34. The molecule has 29 heavy (non-hydrogen) atoms. The minimum Gasteiger partial charge on any atom is -0.465 e. The van der Waals surface area contributed by atoms with E-state index in [9.17, 15) is 27.6 Å². The summed E-state index contributed by atoms with van der Waals surface area (Å²) in [4.78, 5) is 36.3. The normalized spacial score (nSPS) is 15.9. The van der Waals surface area contributed by atoms with Crippen molar-refractivity contribution in [2.75, 3.05) is 17.7 Å². The Balaban J connectivity index is 1.64. The molecule has 2 aromatic rings. The van der Waals surface area contributed by atoms with Crippen molar-refractivity contribution in [3.05, 3.63) is 53.6 Å². The van der Waals surface area contributed by atoms with Gasteiger partial charge in [-0.1, -0.05) is 0 Å². The second kappa shape index (κ2) is 8.16. The van der Waals surface area contributed by atoms with Crippen LogP contribution in [0.2, 0.25) is 0 Å². The predicted molar refractivity (Wildman–Crippen MR) is 101 cm³/mol. The molecule has 0 aliphatic carbocycles. The highest BCUT2D eigenvalue weighted by atomic mass is 32.2. The Kier molecular flexibility index (Phi) is 5.83. The predicted octanol–water partition coefficient (Wildman–Crippen LogP) is 3.93. The number of anilines is 2. The highest BCUT2D eigenvalue weighted by Crippen LogP contribution is 2.40. The molecular formula is C19H15F3N2O4S. The number of alkyl halides is 3. The SMILES string of the molecule is COC(=O)c1ccc(NC(=O)C[C@@H]2Sc3ccc(C(F)(F)F)cc3NC2=O)cc1. The van der Waals surface area contributed by atoms with E-state index in [2.05, 4.69) is 15.4 Å². The lowest BCUT2D eigenvalue weighted by molar-refractivity contribution is -0.137. The summed E-state index contributed by atoms with van der Waals surface area (Å²) in [6.07, 6.45) is -4.68. The molecule has 1 aliphatic rings. The third-order valence-corrected chi connectivity index (χ3v) is 5.36. The van der Waals surface area contributed by atoms with Gasteiger partial charge >= 0.3 is 12.1 Å². The Bertz CT molecular complexity index is 961. The number of benzene rings is 2. The molecule has 2 N–H and O–H groups in total. The number of esters is 1. The Morgan fingerprint density at radius 1 is 1.17 bits per heavy atom. The molecular weight excluding hydrogens is 409 g/mol. The van der Waals surface area contributed by atoms with Crippen LogP contribution in [0.1, 0.15) is 22.3 Å². The van der Waals surface area contributed by atoms with Gasteiger partial charge in [-0.2, -0.15) is 13.2 Å². The van der Waals surface area contributed by atoms with Gasteiger partial charge in [0, 0.05) is 17.0 Å². The van der Waals surface area contributed by atoms with E-state index in [1.165, 1.54) is 37.4 Å². The Labute approximate surface area is 167 Å². The molecule has 2 amide bonds. The highest BCUT2D eigenvalue weighted by molar-refractivity contribution is 8.01. The average Bonchev–Trinajstić information content (AvgIpc) is 2.67. The molecule has 6 nitrogen and oxygen atoms in total. The van der Waals surface area contributed by atoms with Gasteiger partial charge in [0.15, 0.2) is 0 Å². The van der Waals surface area contributed by atoms with Gasteiger partial charge in [0.1, 0.15) is 0 Å². The third kappa shape index (κ3) is 4.89. The van der Waals surface area contributed by atoms with E-state index in [1.54, 1.807) is 0 Å². The van der Waals surface area contributed by atoms with Crippen molar-refractivity contribution in [3.8, 4) is 0 Å². The van der Waals surface area contributed by atoms with E-state index >= 15 is 0 Å². The van der Waals surface area contributed by atoms with Crippen LogP contribution in [0.4, 0.5) is 24.5 Å². The van der Waals surface area contributed by atoms with Gasteiger partial charge in [-0.3, -0.25) is 9.59 Å². The third-order valence-electron chi connectivity index (χ3n) is 4.09. The smallest absolute Gasteiger partial charge is 0.416 e. The number of carbonyl (C=O) groups is 3. The van der Waals surface area contributed by atoms with Gasteiger partial charge in [-0.05, 0) is 42.5 Å². The van der Waals surface area contributed by atoms with Crippen LogP contribution in [0, 0.1) is 0 Å². The Hall–Kier alpha value is -3.01. The summed E-state index contributed by atoms with van der Waals surface area (Å²) >= 11 is 1.03. The number of hydrogen-bond acceptors (Lipinski definition) is 5. The number of ether oxygens (including phenoxy) is 1. The van der Waals surface area contributed by atoms with E-state index in [4.69, 9.17) is 0 Å². The van der Waals surface area contributed by atoms with Gasteiger partial charge in [0.05, 0.1) is 29.2 Å². The van der Waals surface area contributed by atoms with Gasteiger partial charge in [0.25, 0.3) is 0 Å². The van der Waals surface area contributed by atoms with Gasteiger partial charge < -0.3 is 15.4 Å². The standard InChI is InChI=1S/C19H15F3N2O4S/c1-28-18(27)10-2-5-12(6-3-10)23-16(25)9-15-17(26)24-13-8-11(19(20,21)22)4-7-14(13)29-15/h2-8,15H,9H2,1H3,(H,23,25)(H,24,26)/t15-/m0/s1. The molecule has 0 aromatic heterocycles. The minimum atomic E-state index is -4.51. The van der Waals surface area contributed by atoms with E-state index in [0.717, 1.165) is 23.9 Å². The fourth-order valence-corrected chi connectivity index (χ4v) is 3.74. The molecule has 1 aliphatic heterocycles. The molecule has 0 saturated carbocycles. The van der Waals surface area contributed by atoms with Crippen molar-refractivity contribution >= 4 is 40.9 Å². The first-order valence-corrected chi connectivity index (χ1v) is 9.22. The fourth-order valence-electron chi connectivity index (χ4n) is 2.65. The molecule has 0 spiro atoms. The summed E-state index contributed by atoms with van der Waals surface area (Å²) in [5, 5.41) is 4.26. The molecule has 0 saturated heterocycles. The average molecular weight is 424 g/mol. The first kappa shape index (κ1) is 20.7. The maximum Gasteiger partial charge on any atom is 0.416 e. The quantitative estimate of drug-likeness (QED) is 0.727. The molecule has 0 fully saturated rings. The van der Waals surface area contributed by atoms with Crippen LogP contribution in [0.5, 0.6) is 0 Å². The topological polar surface area (TPSA) is 84.5 Å². The molecule has 2 aromatic carbocycles. The van der Waals surface area contributed by atoms with Crippen LogP contribution >= 0.6 is 11.8 Å². The molecule has 0 radical (unpaired) electrons. The lowest BCUT2D eigenvalue weighted by Gasteiger charge is -2.24. The van der Waals surface area contributed by atoms with Crippen LogP contribution in [-0.4, -0.2) is 30.1 Å². The Morgan fingerprint density at radius 3 is 2.48 bits per heavy atom. The molecule has 152 valence electrons. The van der Waals surface area contributed by atoms with Crippen molar-refractivity contribution in [2.45, 2.75) is 22.7 Å². The zero-order valence-electron chi connectivity index (χ0n) is 15.0. The number of nitrogens with one attached hydrogen (secondary N) is 2. The van der Waals surface area contributed by atoms with Crippen LogP contribution in [0.15, 0.2) is 47.4 Å². The minimum absolute atomic E-state index is 0.0740. The summed E-state index contributed by atoms with van der Waals surface area (Å²) in [5.74, 6) is -1.50. The van der Waals surface area contributed by atoms with Crippen LogP contribution < -0.4 is 10.6 Å². The number of rotatable bonds is 4. The van der Waals surface area contributed by atoms with Crippen molar-refractivity contribution in [1.29, 1.82) is 0 Å². The summed E-state index contributed by atoms with van der Waals surface area (Å²) in [7, 11) is 1.26. The Morgan fingerprint density at radius 2 is 1.86 bits per heavy atom. The van der Waals surface area contributed by atoms with Crippen LogP contribution in [-0.2, 0) is 20.5 Å². The number of amides is 2.